The first-order valence-corrected chi connectivity index (χ1v) is 6.47. The van der Waals surface area contributed by atoms with Gasteiger partial charge < -0.3 is 20.4 Å². The molecule has 6 heteroatoms. The second kappa shape index (κ2) is 5.03. The minimum atomic E-state index is -1.02. The Bertz CT molecular complexity index is 581. The van der Waals surface area contributed by atoms with Crippen molar-refractivity contribution >= 4 is 5.97 Å². The highest BCUT2D eigenvalue weighted by Gasteiger charge is 2.35. The van der Waals surface area contributed by atoms with Crippen LogP contribution < -0.4 is 5.32 Å². The van der Waals surface area contributed by atoms with E-state index in [1.807, 2.05) is 13.8 Å². The highest BCUT2D eigenvalue weighted by Crippen LogP contribution is 2.32. The molecule has 0 saturated heterocycles. The van der Waals surface area contributed by atoms with Gasteiger partial charge in [0.05, 0.1) is 17.0 Å². The maximum Gasteiger partial charge on any atom is 0.337 e. The summed E-state index contributed by atoms with van der Waals surface area (Å²) in [7, 11) is 0. The van der Waals surface area contributed by atoms with Crippen LogP contribution >= 0.6 is 0 Å². The van der Waals surface area contributed by atoms with Crippen molar-refractivity contribution < 1.29 is 15.0 Å². The van der Waals surface area contributed by atoms with Crippen LogP contribution in [-0.4, -0.2) is 32.1 Å². The number of rotatable bonds is 3. The van der Waals surface area contributed by atoms with E-state index in [1.54, 1.807) is 31.0 Å². The molecule has 1 atom stereocenters. The summed E-state index contributed by atoms with van der Waals surface area (Å²) in [6.45, 7) is 7.40. The molecule has 0 fully saturated rings. The Labute approximate surface area is 117 Å². The summed E-state index contributed by atoms with van der Waals surface area (Å²) >= 11 is 0. The molecule has 1 aliphatic heterocycles. The van der Waals surface area contributed by atoms with Crippen molar-refractivity contribution in [2.45, 2.75) is 39.9 Å². The number of nitrogens with one attached hydrogen (secondary N) is 1. The number of aromatic nitrogens is 1. The third-order valence-electron chi connectivity index (χ3n) is 3.31. The number of aliphatic hydroxyl groups is 1. The molecule has 1 aliphatic rings. The molecule has 2 heterocycles. The van der Waals surface area contributed by atoms with Crippen LogP contribution in [-0.2, 0) is 0 Å². The van der Waals surface area contributed by atoms with Gasteiger partial charge in [0.25, 0.3) is 0 Å². The van der Waals surface area contributed by atoms with E-state index in [1.165, 1.54) is 0 Å². The molecule has 20 heavy (non-hydrogen) atoms. The van der Waals surface area contributed by atoms with E-state index in [9.17, 15) is 15.0 Å². The predicted octanol–water partition coefficient (Wildman–Crippen LogP) is 2.15. The van der Waals surface area contributed by atoms with E-state index in [0.29, 0.717) is 11.4 Å². The molecule has 108 valence electrons. The van der Waals surface area contributed by atoms with E-state index in [4.69, 9.17) is 0 Å². The summed E-state index contributed by atoms with van der Waals surface area (Å²) < 4.78 is 0. The first-order valence-electron chi connectivity index (χ1n) is 6.47. The normalized spacial score (nSPS) is 18.6. The number of hydrogen-bond acceptors (Lipinski definition) is 5. The SMILES string of the molecule is CC1=C(O)N(C(C)C)C(c2ncc(C)cc2C(=O)O)N1. The van der Waals surface area contributed by atoms with Gasteiger partial charge in [-0.05, 0) is 39.3 Å². The summed E-state index contributed by atoms with van der Waals surface area (Å²) in [6.07, 6.45) is 1.16. The van der Waals surface area contributed by atoms with Crippen LogP contribution in [0.4, 0.5) is 0 Å². The first kappa shape index (κ1) is 14.2. The maximum atomic E-state index is 11.4. The monoisotopic (exact) mass is 277 g/mol. The number of carbonyl (C=O) groups is 1. The first-order chi connectivity index (χ1) is 9.32. The highest BCUT2D eigenvalue weighted by atomic mass is 16.4. The smallest absolute Gasteiger partial charge is 0.337 e. The van der Waals surface area contributed by atoms with Gasteiger partial charge in [-0.15, -0.1) is 0 Å². The zero-order valence-corrected chi connectivity index (χ0v) is 12.0. The Morgan fingerprint density at radius 3 is 2.65 bits per heavy atom. The van der Waals surface area contributed by atoms with Crippen molar-refractivity contribution in [1.29, 1.82) is 0 Å². The summed E-state index contributed by atoms with van der Waals surface area (Å²) in [5.74, 6) is -0.894. The van der Waals surface area contributed by atoms with Crippen molar-refractivity contribution in [1.82, 2.24) is 15.2 Å². The molecule has 0 bridgehead atoms. The second-order valence-corrected chi connectivity index (χ2v) is 5.25. The molecular formula is C14H19N3O3. The molecule has 3 N–H and O–H groups in total. The number of aryl methyl sites for hydroxylation is 1. The lowest BCUT2D eigenvalue weighted by molar-refractivity contribution is 0.0687. The largest absolute Gasteiger partial charge is 0.493 e. The Morgan fingerprint density at radius 2 is 2.10 bits per heavy atom. The predicted molar refractivity (Wildman–Crippen MR) is 74.1 cm³/mol. The fraction of sp³-hybridized carbons (Fsp3) is 0.429. The molecule has 1 aromatic heterocycles. The molecule has 2 rings (SSSR count). The number of aliphatic hydroxyl groups excluding tert-OH is 1. The van der Waals surface area contributed by atoms with Gasteiger partial charge >= 0.3 is 5.97 Å². The average molecular weight is 277 g/mol. The van der Waals surface area contributed by atoms with Gasteiger partial charge in [0, 0.05) is 12.2 Å². The Kier molecular flexibility index (Phi) is 3.57. The van der Waals surface area contributed by atoms with Gasteiger partial charge in [-0.1, -0.05) is 0 Å². The third-order valence-corrected chi connectivity index (χ3v) is 3.31. The van der Waals surface area contributed by atoms with Gasteiger partial charge in [-0.3, -0.25) is 4.98 Å². The number of aromatic carboxylic acids is 1. The van der Waals surface area contributed by atoms with Crippen LogP contribution in [0.2, 0.25) is 0 Å². The van der Waals surface area contributed by atoms with Gasteiger partial charge in [-0.2, -0.15) is 0 Å². The Hall–Kier alpha value is -2.24. The molecule has 1 unspecified atom stereocenters. The zero-order chi connectivity index (χ0) is 15.0. The lowest BCUT2D eigenvalue weighted by Crippen LogP contribution is -2.36. The lowest BCUT2D eigenvalue weighted by atomic mass is 10.1. The standard InChI is InChI=1S/C14H19N3O3/c1-7(2)17-12(16-9(4)13(17)18)11-10(14(19)20)5-8(3)6-15-11/h5-7,12,16,18H,1-4H3,(H,19,20). The summed E-state index contributed by atoms with van der Waals surface area (Å²) in [4.78, 5) is 17.4. The molecule has 1 aromatic rings. The van der Waals surface area contributed by atoms with Crippen LogP contribution in [0, 0.1) is 6.92 Å². The minimum Gasteiger partial charge on any atom is -0.493 e. The third kappa shape index (κ3) is 2.29. The lowest BCUT2D eigenvalue weighted by Gasteiger charge is -2.30. The van der Waals surface area contributed by atoms with Crippen LogP contribution in [0.1, 0.15) is 48.6 Å². The Balaban J connectivity index is 2.50. The van der Waals surface area contributed by atoms with Crippen molar-refractivity contribution in [3.8, 4) is 0 Å². The van der Waals surface area contributed by atoms with Crippen LogP contribution in [0.15, 0.2) is 23.8 Å². The van der Waals surface area contributed by atoms with E-state index in [2.05, 4.69) is 10.3 Å². The molecule has 0 spiro atoms. The maximum absolute atomic E-state index is 11.4. The quantitative estimate of drug-likeness (QED) is 0.785. The molecule has 0 aromatic carbocycles. The van der Waals surface area contributed by atoms with Gasteiger partial charge in [0.15, 0.2) is 0 Å². The van der Waals surface area contributed by atoms with Crippen molar-refractivity contribution in [2.75, 3.05) is 0 Å². The van der Waals surface area contributed by atoms with Crippen LogP contribution in [0.5, 0.6) is 0 Å². The van der Waals surface area contributed by atoms with Crippen LogP contribution in [0.25, 0.3) is 0 Å². The zero-order valence-electron chi connectivity index (χ0n) is 12.0. The number of allylic oxidation sites excluding steroid dienone is 1. The van der Waals surface area contributed by atoms with Crippen LogP contribution in [0.3, 0.4) is 0 Å². The van der Waals surface area contributed by atoms with E-state index >= 15 is 0 Å². The average Bonchev–Trinajstić information content (AvgIpc) is 2.65. The fourth-order valence-corrected chi connectivity index (χ4v) is 2.37. The molecule has 6 nitrogen and oxygen atoms in total. The highest BCUT2D eigenvalue weighted by molar-refractivity contribution is 5.89. The summed E-state index contributed by atoms with van der Waals surface area (Å²) in [5, 5.41) is 22.6. The minimum absolute atomic E-state index is 0.00898. The van der Waals surface area contributed by atoms with Gasteiger partial charge in [0.2, 0.25) is 5.88 Å². The number of hydrogen-bond donors (Lipinski definition) is 3. The fourth-order valence-electron chi connectivity index (χ4n) is 2.37. The summed E-state index contributed by atoms with van der Waals surface area (Å²) in [6, 6.07) is 1.60. The van der Waals surface area contributed by atoms with Gasteiger partial charge in [-0.25, -0.2) is 4.79 Å². The van der Waals surface area contributed by atoms with E-state index < -0.39 is 12.1 Å². The molecule has 0 radical (unpaired) electrons. The van der Waals surface area contributed by atoms with Crippen molar-refractivity contribution in [3.05, 3.63) is 40.7 Å². The van der Waals surface area contributed by atoms with Gasteiger partial charge in [0.1, 0.15) is 6.17 Å². The van der Waals surface area contributed by atoms with Crippen molar-refractivity contribution in [2.24, 2.45) is 0 Å². The van der Waals surface area contributed by atoms with Crippen molar-refractivity contribution in [3.63, 3.8) is 0 Å². The number of carboxylic acids is 1. The number of nitrogens with zero attached hydrogens (tertiary/aromatic N) is 2. The number of pyridine rings is 1. The number of carboxylic acid groups (broad SMARTS) is 1. The van der Waals surface area contributed by atoms with E-state index in [0.717, 1.165) is 5.56 Å². The topological polar surface area (TPSA) is 85.7 Å². The molecular weight excluding hydrogens is 258 g/mol. The summed E-state index contributed by atoms with van der Waals surface area (Å²) in [5.41, 5.74) is 1.95. The molecule has 0 aliphatic carbocycles. The second-order valence-electron chi connectivity index (χ2n) is 5.25. The van der Waals surface area contributed by atoms with E-state index in [-0.39, 0.29) is 17.5 Å². The Morgan fingerprint density at radius 1 is 1.45 bits per heavy atom. The molecule has 0 amide bonds. The molecule has 0 saturated carbocycles.